The minimum absolute atomic E-state index is 0.0701. The third kappa shape index (κ3) is 3.81. The summed E-state index contributed by atoms with van der Waals surface area (Å²) in [4.78, 5) is 11.2. The first-order chi connectivity index (χ1) is 12.3. The molecule has 3 rings (SSSR count). The first kappa shape index (κ1) is 18.2. The Labute approximate surface area is 153 Å². The van der Waals surface area contributed by atoms with Gasteiger partial charge in [0.05, 0.1) is 12.2 Å². The van der Waals surface area contributed by atoms with Crippen LogP contribution in [0.25, 0.3) is 17.2 Å². The van der Waals surface area contributed by atoms with E-state index in [0.29, 0.717) is 11.1 Å². The molecule has 0 radical (unpaired) electrons. The van der Waals surface area contributed by atoms with Crippen molar-refractivity contribution in [1.29, 1.82) is 0 Å². The molecule has 0 fully saturated rings. The quantitative estimate of drug-likeness (QED) is 0.765. The highest BCUT2D eigenvalue weighted by Gasteiger charge is 2.25. The lowest BCUT2D eigenvalue weighted by Crippen LogP contribution is -1.97. The number of fused-ring (bicyclic) bond motifs is 1. The largest absolute Gasteiger partial charge is 0.481 e. The van der Waals surface area contributed by atoms with Crippen molar-refractivity contribution >= 4 is 34.3 Å². The number of carboxylic acids is 1. The SMILES string of the molecule is CC1=C(CC(=O)O)c2cc(F)ccc2/C1=C/c1ccc(CS(=O)O)cc1. The Bertz CT molecular complexity index is 958. The molecule has 1 atom stereocenters. The van der Waals surface area contributed by atoms with Gasteiger partial charge in [0.15, 0.2) is 11.1 Å². The predicted molar refractivity (Wildman–Crippen MR) is 100 cm³/mol. The van der Waals surface area contributed by atoms with Gasteiger partial charge in [-0.25, -0.2) is 8.60 Å². The second-order valence-corrected chi connectivity index (χ2v) is 7.06. The fraction of sp³-hybridized carbons (Fsp3) is 0.150. The Morgan fingerprint density at radius 1 is 1.15 bits per heavy atom. The number of aliphatic carboxylic acids is 1. The zero-order chi connectivity index (χ0) is 18.8. The van der Waals surface area contributed by atoms with Gasteiger partial charge in [0.25, 0.3) is 0 Å². The number of halogens is 1. The van der Waals surface area contributed by atoms with E-state index in [0.717, 1.165) is 27.8 Å². The molecule has 2 aromatic rings. The lowest BCUT2D eigenvalue weighted by Gasteiger charge is -2.05. The molecule has 0 saturated heterocycles. The Kier molecular flexibility index (Phi) is 5.15. The molecular weight excluding hydrogens is 355 g/mol. The summed E-state index contributed by atoms with van der Waals surface area (Å²) in [6.07, 6.45) is 1.75. The smallest absolute Gasteiger partial charge is 0.307 e. The first-order valence-corrected chi connectivity index (χ1v) is 9.23. The van der Waals surface area contributed by atoms with Crippen LogP contribution in [0.1, 0.15) is 35.6 Å². The number of hydrogen-bond acceptors (Lipinski definition) is 2. The molecule has 0 amide bonds. The van der Waals surface area contributed by atoms with Crippen molar-refractivity contribution in [3.8, 4) is 0 Å². The second-order valence-electron chi connectivity index (χ2n) is 6.13. The molecule has 6 heteroatoms. The van der Waals surface area contributed by atoms with Crippen LogP contribution in [0, 0.1) is 5.82 Å². The molecule has 0 bridgehead atoms. The molecule has 2 aromatic carbocycles. The Morgan fingerprint density at radius 2 is 1.85 bits per heavy atom. The van der Waals surface area contributed by atoms with E-state index in [-0.39, 0.29) is 12.2 Å². The number of carbonyl (C=O) groups is 1. The summed E-state index contributed by atoms with van der Waals surface area (Å²) in [6.45, 7) is 1.84. The number of hydrogen-bond donors (Lipinski definition) is 2. The highest BCUT2D eigenvalue weighted by molar-refractivity contribution is 7.78. The fourth-order valence-corrected chi connectivity index (χ4v) is 3.63. The van der Waals surface area contributed by atoms with Gasteiger partial charge in [0.2, 0.25) is 0 Å². The van der Waals surface area contributed by atoms with Crippen LogP contribution >= 0.6 is 0 Å². The van der Waals surface area contributed by atoms with E-state index >= 15 is 0 Å². The highest BCUT2D eigenvalue weighted by Crippen LogP contribution is 2.43. The van der Waals surface area contributed by atoms with Crippen LogP contribution in [-0.2, 0) is 21.6 Å². The van der Waals surface area contributed by atoms with Crippen LogP contribution in [0.15, 0.2) is 48.0 Å². The summed E-state index contributed by atoms with van der Waals surface area (Å²) < 4.78 is 33.5. The Morgan fingerprint density at radius 3 is 2.46 bits per heavy atom. The molecule has 0 aliphatic heterocycles. The van der Waals surface area contributed by atoms with Crippen molar-refractivity contribution in [3.05, 3.63) is 76.1 Å². The third-order valence-corrected chi connectivity index (χ3v) is 4.94. The molecule has 134 valence electrons. The molecule has 0 spiro atoms. The Hall–Kier alpha value is -2.57. The summed E-state index contributed by atoms with van der Waals surface area (Å²) in [7, 11) is 0. The zero-order valence-corrected chi connectivity index (χ0v) is 14.8. The monoisotopic (exact) mass is 372 g/mol. The van der Waals surface area contributed by atoms with E-state index in [9.17, 15) is 18.5 Å². The highest BCUT2D eigenvalue weighted by atomic mass is 32.2. The summed E-state index contributed by atoms with van der Waals surface area (Å²) in [6, 6.07) is 11.6. The van der Waals surface area contributed by atoms with E-state index in [4.69, 9.17) is 4.55 Å². The number of carboxylic acid groups (broad SMARTS) is 1. The van der Waals surface area contributed by atoms with Crippen molar-refractivity contribution < 1.29 is 23.1 Å². The topological polar surface area (TPSA) is 74.6 Å². The maximum Gasteiger partial charge on any atom is 0.307 e. The second kappa shape index (κ2) is 7.35. The standard InChI is InChI=1S/C20H17FO4S/c1-12-17(8-13-2-4-14(5-3-13)11-26(24)25)16-7-6-15(21)9-19(16)18(12)10-20(22)23/h2-9H,10-11H2,1H3,(H,22,23)(H,24,25)/b17-8+. The summed E-state index contributed by atoms with van der Waals surface area (Å²) in [5, 5.41) is 9.17. The lowest BCUT2D eigenvalue weighted by molar-refractivity contribution is -0.135. The molecule has 1 aliphatic rings. The van der Waals surface area contributed by atoms with Crippen LogP contribution in [0.3, 0.4) is 0 Å². The summed E-state index contributed by atoms with van der Waals surface area (Å²) in [5.74, 6) is -1.29. The van der Waals surface area contributed by atoms with Gasteiger partial charge in [-0.15, -0.1) is 0 Å². The van der Waals surface area contributed by atoms with Gasteiger partial charge in [-0.1, -0.05) is 30.3 Å². The molecule has 1 aliphatic carbocycles. The van der Waals surface area contributed by atoms with Gasteiger partial charge in [-0.2, -0.15) is 0 Å². The van der Waals surface area contributed by atoms with Crippen LogP contribution < -0.4 is 0 Å². The van der Waals surface area contributed by atoms with Crippen LogP contribution in [0.5, 0.6) is 0 Å². The minimum atomic E-state index is -1.89. The number of benzene rings is 2. The van der Waals surface area contributed by atoms with Crippen LogP contribution in [0.4, 0.5) is 4.39 Å². The van der Waals surface area contributed by atoms with Crippen molar-refractivity contribution in [3.63, 3.8) is 0 Å². The number of allylic oxidation sites excluding steroid dienone is 2. The van der Waals surface area contributed by atoms with Crippen LogP contribution in [0.2, 0.25) is 0 Å². The van der Waals surface area contributed by atoms with E-state index in [1.165, 1.54) is 12.1 Å². The average Bonchev–Trinajstić information content (AvgIpc) is 2.81. The molecular formula is C20H17FO4S. The first-order valence-electron chi connectivity index (χ1n) is 7.95. The summed E-state index contributed by atoms with van der Waals surface area (Å²) in [5.41, 5.74) is 5.33. The molecule has 4 nitrogen and oxygen atoms in total. The van der Waals surface area contributed by atoms with Gasteiger partial charge in [-0.05, 0) is 64.1 Å². The van der Waals surface area contributed by atoms with Gasteiger partial charge in [0, 0.05) is 0 Å². The Balaban J connectivity index is 2.03. The normalized spacial score (nSPS) is 16.0. The van der Waals surface area contributed by atoms with E-state index in [2.05, 4.69) is 0 Å². The van der Waals surface area contributed by atoms with Crippen molar-refractivity contribution in [2.45, 2.75) is 19.1 Å². The minimum Gasteiger partial charge on any atom is -0.481 e. The van der Waals surface area contributed by atoms with E-state index in [1.54, 1.807) is 18.2 Å². The maximum absolute atomic E-state index is 13.7. The molecule has 1 unspecified atom stereocenters. The molecule has 0 saturated carbocycles. The maximum atomic E-state index is 13.7. The zero-order valence-electron chi connectivity index (χ0n) is 14.0. The molecule has 2 N–H and O–H groups in total. The van der Waals surface area contributed by atoms with Crippen molar-refractivity contribution in [2.75, 3.05) is 0 Å². The van der Waals surface area contributed by atoms with E-state index < -0.39 is 22.9 Å². The third-order valence-electron chi connectivity index (χ3n) is 4.36. The van der Waals surface area contributed by atoms with Crippen LogP contribution in [-0.4, -0.2) is 19.8 Å². The molecule has 26 heavy (non-hydrogen) atoms. The predicted octanol–water partition coefficient (Wildman–Crippen LogP) is 4.35. The van der Waals surface area contributed by atoms with E-state index in [1.807, 2.05) is 25.1 Å². The average molecular weight is 372 g/mol. The molecule has 0 aromatic heterocycles. The van der Waals surface area contributed by atoms with Gasteiger partial charge in [0.1, 0.15) is 5.82 Å². The van der Waals surface area contributed by atoms with Gasteiger partial charge >= 0.3 is 5.97 Å². The molecule has 0 heterocycles. The lowest BCUT2D eigenvalue weighted by atomic mass is 10.00. The summed E-state index contributed by atoms with van der Waals surface area (Å²) >= 11 is -1.89. The van der Waals surface area contributed by atoms with Gasteiger partial charge in [-0.3, -0.25) is 4.79 Å². The fourth-order valence-electron chi connectivity index (χ4n) is 3.15. The number of rotatable bonds is 5. The van der Waals surface area contributed by atoms with Crippen molar-refractivity contribution in [2.24, 2.45) is 0 Å². The van der Waals surface area contributed by atoms with Gasteiger partial charge < -0.3 is 9.66 Å². The van der Waals surface area contributed by atoms with Crippen molar-refractivity contribution in [1.82, 2.24) is 0 Å².